The Morgan fingerprint density at radius 3 is 2.67 bits per heavy atom. The number of carbonyl (C=O) groups excluding carboxylic acids is 2. The summed E-state index contributed by atoms with van der Waals surface area (Å²) in [6.45, 7) is 1.16. The van der Waals surface area contributed by atoms with Crippen molar-refractivity contribution >= 4 is 23.4 Å². The predicted octanol–water partition coefficient (Wildman–Crippen LogP) is 0.729. The van der Waals surface area contributed by atoms with Crippen LogP contribution in [0.3, 0.4) is 0 Å². The molecule has 1 aliphatic rings. The van der Waals surface area contributed by atoms with Crippen molar-refractivity contribution in [2.75, 3.05) is 19.0 Å². The molecule has 0 bridgehead atoms. The van der Waals surface area contributed by atoms with Crippen LogP contribution in [-0.4, -0.2) is 35.7 Å². The summed E-state index contributed by atoms with van der Waals surface area (Å²) in [5.74, 6) is 0.258. The van der Waals surface area contributed by atoms with Gasteiger partial charge in [-0.3, -0.25) is 9.59 Å². The minimum atomic E-state index is -0.300. The fraction of sp³-hybridized carbons (Fsp3) is 0.800. The number of amides is 2. The first kappa shape index (κ1) is 12.3. The molecule has 0 spiro atoms. The summed E-state index contributed by atoms with van der Waals surface area (Å²) in [4.78, 5) is 24.2. The second kappa shape index (κ2) is 5.95. The molecular formula is C10H17ClN2O2. The third kappa shape index (κ3) is 3.70. The van der Waals surface area contributed by atoms with Crippen LogP contribution >= 0.6 is 11.6 Å². The highest BCUT2D eigenvalue weighted by Gasteiger charge is 2.28. The lowest BCUT2D eigenvalue weighted by atomic mass is 10.1. The Morgan fingerprint density at radius 2 is 2.13 bits per heavy atom. The standard InChI is InChI=1S/C10H17ClN2O2/c11-5-2-1-3-9(14)13-6-4-8(7-13)10(12)15/h8H,1-7H2,(H2,12,15). The summed E-state index contributed by atoms with van der Waals surface area (Å²) < 4.78 is 0. The van der Waals surface area contributed by atoms with Crippen LogP contribution in [0.2, 0.25) is 0 Å². The average molecular weight is 233 g/mol. The molecule has 1 atom stereocenters. The summed E-state index contributed by atoms with van der Waals surface area (Å²) in [6.07, 6.45) is 2.91. The van der Waals surface area contributed by atoms with Crippen molar-refractivity contribution in [3.8, 4) is 0 Å². The molecule has 1 aliphatic heterocycles. The fourth-order valence-corrected chi connectivity index (χ4v) is 1.94. The molecule has 2 N–H and O–H groups in total. The van der Waals surface area contributed by atoms with Crippen LogP contribution in [0.1, 0.15) is 25.7 Å². The Labute approximate surface area is 94.7 Å². The zero-order valence-electron chi connectivity index (χ0n) is 8.75. The topological polar surface area (TPSA) is 63.4 Å². The molecule has 0 aromatic rings. The van der Waals surface area contributed by atoms with Crippen LogP contribution in [0.15, 0.2) is 0 Å². The molecule has 5 heteroatoms. The minimum Gasteiger partial charge on any atom is -0.369 e. The monoisotopic (exact) mass is 232 g/mol. The molecule has 0 aromatic heterocycles. The number of carbonyl (C=O) groups is 2. The first-order valence-electron chi connectivity index (χ1n) is 5.28. The van der Waals surface area contributed by atoms with Gasteiger partial charge in [-0.05, 0) is 19.3 Å². The summed E-state index contributed by atoms with van der Waals surface area (Å²) >= 11 is 5.52. The van der Waals surface area contributed by atoms with E-state index in [9.17, 15) is 9.59 Å². The van der Waals surface area contributed by atoms with Gasteiger partial charge in [0.25, 0.3) is 0 Å². The molecule has 2 amide bonds. The lowest BCUT2D eigenvalue weighted by Gasteiger charge is -2.15. The van der Waals surface area contributed by atoms with Crippen molar-refractivity contribution < 1.29 is 9.59 Å². The van der Waals surface area contributed by atoms with Gasteiger partial charge < -0.3 is 10.6 Å². The van der Waals surface area contributed by atoms with Crippen LogP contribution in [0.25, 0.3) is 0 Å². The van der Waals surface area contributed by atoms with Crippen molar-refractivity contribution in [2.45, 2.75) is 25.7 Å². The maximum Gasteiger partial charge on any atom is 0.222 e. The van der Waals surface area contributed by atoms with E-state index in [0.29, 0.717) is 31.8 Å². The van der Waals surface area contributed by atoms with Crippen molar-refractivity contribution in [1.29, 1.82) is 0 Å². The van der Waals surface area contributed by atoms with E-state index in [2.05, 4.69) is 0 Å². The van der Waals surface area contributed by atoms with Gasteiger partial charge in [-0.25, -0.2) is 0 Å². The van der Waals surface area contributed by atoms with Gasteiger partial charge in [0.15, 0.2) is 0 Å². The molecule has 0 aromatic carbocycles. The lowest BCUT2D eigenvalue weighted by molar-refractivity contribution is -0.130. The third-order valence-corrected chi connectivity index (χ3v) is 2.98. The first-order chi connectivity index (χ1) is 7.15. The van der Waals surface area contributed by atoms with Gasteiger partial charge in [-0.2, -0.15) is 0 Å². The SMILES string of the molecule is NC(=O)C1CCN(C(=O)CCCCCl)C1. The van der Waals surface area contributed by atoms with E-state index in [1.807, 2.05) is 0 Å². The van der Waals surface area contributed by atoms with Crippen molar-refractivity contribution in [2.24, 2.45) is 11.7 Å². The largest absolute Gasteiger partial charge is 0.369 e. The molecule has 4 nitrogen and oxygen atoms in total. The van der Waals surface area contributed by atoms with E-state index < -0.39 is 0 Å². The lowest BCUT2D eigenvalue weighted by Crippen LogP contribution is -2.31. The molecule has 0 radical (unpaired) electrons. The molecule has 1 unspecified atom stereocenters. The highest BCUT2D eigenvalue weighted by Crippen LogP contribution is 2.17. The predicted molar refractivity (Wildman–Crippen MR) is 58.5 cm³/mol. The zero-order valence-corrected chi connectivity index (χ0v) is 9.50. The van der Waals surface area contributed by atoms with Crippen LogP contribution in [0, 0.1) is 5.92 Å². The van der Waals surface area contributed by atoms with E-state index in [1.165, 1.54) is 0 Å². The average Bonchev–Trinajstić information content (AvgIpc) is 2.66. The quantitative estimate of drug-likeness (QED) is 0.561. The van der Waals surface area contributed by atoms with Gasteiger partial charge in [-0.15, -0.1) is 11.6 Å². The third-order valence-electron chi connectivity index (χ3n) is 2.72. The highest BCUT2D eigenvalue weighted by atomic mass is 35.5. The smallest absolute Gasteiger partial charge is 0.222 e. The van der Waals surface area contributed by atoms with Gasteiger partial charge in [0, 0.05) is 25.4 Å². The molecule has 1 fully saturated rings. The highest BCUT2D eigenvalue weighted by molar-refractivity contribution is 6.17. The number of likely N-dealkylation sites (tertiary alicyclic amines) is 1. The second-order valence-electron chi connectivity index (χ2n) is 3.87. The second-order valence-corrected chi connectivity index (χ2v) is 4.25. The molecule has 1 rings (SSSR count). The number of alkyl halides is 1. The first-order valence-corrected chi connectivity index (χ1v) is 5.81. The molecule has 1 saturated heterocycles. The maximum absolute atomic E-state index is 11.6. The normalized spacial score (nSPS) is 20.6. The molecule has 0 aliphatic carbocycles. The summed E-state index contributed by atoms with van der Waals surface area (Å²) in [6, 6.07) is 0. The van der Waals surface area contributed by atoms with E-state index in [1.54, 1.807) is 4.90 Å². The van der Waals surface area contributed by atoms with E-state index in [-0.39, 0.29) is 17.7 Å². The number of unbranched alkanes of at least 4 members (excludes halogenated alkanes) is 1. The Bertz CT molecular complexity index is 246. The van der Waals surface area contributed by atoms with Gasteiger partial charge in [0.05, 0.1) is 5.92 Å². The van der Waals surface area contributed by atoms with Gasteiger partial charge >= 0.3 is 0 Å². The summed E-state index contributed by atoms with van der Waals surface area (Å²) in [5, 5.41) is 0. The van der Waals surface area contributed by atoms with Gasteiger partial charge in [0.2, 0.25) is 11.8 Å². The number of nitrogens with two attached hydrogens (primary N) is 1. The number of rotatable bonds is 5. The fourth-order valence-electron chi connectivity index (χ4n) is 1.75. The number of nitrogens with zero attached hydrogens (tertiary/aromatic N) is 1. The Hall–Kier alpha value is -0.770. The summed E-state index contributed by atoms with van der Waals surface area (Å²) in [5.41, 5.74) is 5.19. The van der Waals surface area contributed by atoms with Crippen molar-refractivity contribution in [3.05, 3.63) is 0 Å². The molecule has 86 valence electrons. The maximum atomic E-state index is 11.6. The number of primary amides is 1. The Morgan fingerprint density at radius 1 is 1.40 bits per heavy atom. The Kier molecular flexibility index (Phi) is 4.88. The summed E-state index contributed by atoms with van der Waals surface area (Å²) in [7, 11) is 0. The Balaban J connectivity index is 2.27. The van der Waals surface area contributed by atoms with Crippen LogP contribution in [-0.2, 0) is 9.59 Å². The van der Waals surface area contributed by atoms with Crippen LogP contribution in [0.4, 0.5) is 0 Å². The number of hydrogen-bond acceptors (Lipinski definition) is 2. The van der Waals surface area contributed by atoms with Crippen LogP contribution in [0.5, 0.6) is 0 Å². The molecule has 0 saturated carbocycles. The van der Waals surface area contributed by atoms with E-state index in [0.717, 1.165) is 12.8 Å². The van der Waals surface area contributed by atoms with Gasteiger partial charge in [0.1, 0.15) is 0 Å². The van der Waals surface area contributed by atoms with E-state index >= 15 is 0 Å². The number of hydrogen-bond donors (Lipinski definition) is 1. The molecular weight excluding hydrogens is 216 g/mol. The van der Waals surface area contributed by atoms with Gasteiger partial charge in [-0.1, -0.05) is 0 Å². The molecule has 1 heterocycles. The van der Waals surface area contributed by atoms with Crippen molar-refractivity contribution in [1.82, 2.24) is 4.90 Å². The molecule has 15 heavy (non-hydrogen) atoms. The van der Waals surface area contributed by atoms with Crippen LogP contribution < -0.4 is 5.73 Å². The zero-order chi connectivity index (χ0) is 11.3. The van der Waals surface area contributed by atoms with Crippen molar-refractivity contribution in [3.63, 3.8) is 0 Å². The van der Waals surface area contributed by atoms with E-state index in [4.69, 9.17) is 17.3 Å². The number of halogens is 1. The minimum absolute atomic E-state index is 0.115.